The van der Waals surface area contributed by atoms with Crippen molar-refractivity contribution in [2.45, 2.75) is 36.6 Å². The highest BCUT2D eigenvalue weighted by atomic mass is 32.2. The van der Waals surface area contributed by atoms with E-state index in [0.29, 0.717) is 12.8 Å². The highest BCUT2D eigenvalue weighted by Gasteiger charge is 2.42. The maximum Gasteiger partial charge on any atom is 0.349 e. The number of carbonyl (C=O) groups excluding carboxylic acids is 1. The van der Waals surface area contributed by atoms with E-state index in [-0.39, 0.29) is 23.4 Å². The van der Waals surface area contributed by atoms with Crippen LogP contribution in [-0.2, 0) is 4.79 Å². The number of thioether (sulfide) groups is 1. The van der Waals surface area contributed by atoms with Gasteiger partial charge in [-0.15, -0.1) is 0 Å². The Labute approximate surface area is 104 Å². The maximum atomic E-state index is 11.2. The minimum Gasteiger partial charge on any atom is -0.477 e. The van der Waals surface area contributed by atoms with Crippen LogP contribution >= 0.6 is 11.8 Å². The Morgan fingerprint density at radius 2 is 2.41 bits per heavy atom. The third-order valence-electron chi connectivity index (χ3n) is 2.97. The summed E-state index contributed by atoms with van der Waals surface area (Å²) < 4.78 is 7.58. The summed E-state index contributed by atoms with van der Waals surface area (Å²) in [4.78, 5) is 21.7. The lowest BCUT2D eigenvalue weighted by molar-refractivity contribution is -0.129. The summed E-state index contributed by atoms with van der Waals surface area (Å²) in [7, 11) is 0. The number of nitrogens with one attached hydrogen (secondary N) is 3. The molecule has 0 saturated carbocycles. The minimum absolute atomic E-state index is 0.0636. The third-order valence-corrected chi connectivity index (χ3v) is 4.48. The van der Waals surface area contributed by atoms with E-state index < -0.39 is 18.1 Å². The van der Waals surface area contributed by atoms with Crippen molar-refractivity contribution in [1.29, 1.82) is 5.41 Å². The van der Waals surface area contributed by atoms with Crippen LogP contribution < -0.4 is 10.6 Å². The molecule has 4 N–H and O–H groups in total. The smallest absolute Gasteiger partial charge is 0.349 e. The predicted molar refractivity (Wildman–Crippen MR) is 64.7 cm³/mol. The Bertz CT molecular complexity index is 393. The van der Waals surface area contributed by atoms with E-state index in [2.05, 4.69) is 10.6 Å². The number of carboxylic acids is 1. The number of hydrogen-bond acceptors (Lipinski definition) is 4. The molecule has 2 amide bonds. The average molecular weight is 258 g/mol. The number of hydrogen-bond donors (Lipinski definition) is 4. The topological polar surface area (TPSA) is 102 Å². The standard InChI is InChI=1S/C10H15N3O3S/c11-5(9(14)15)2-1-3-7-8-6(4-17-7)12-10(16)13-8/h6-8,11H,1-4H2,(H,14,15)(H2,12,13,16)/t6-,7-,8-/m0/s1/i2D/t2?,6-,7-,8-. The minimum atomic E-state index is -1.33. The molecule has 2 rings (SSSR count). The van der Waals surface area contributed by atoms with Crippen LogP contribution in [0.15, 0.2) is 0 Å². The van der Waals surface area contributed by atoms with Gasteiger partial charge in [0.25, 0.3) is 0 Å². The van der Waals surface area contributed by atoms with Gasteiger partial charge < -0.3 is 15.7 Å². The Hall–Kier alpha value is -1.24. The molecule has 17 heavy (non-hydrogen) atoms. The zero-order chi connectivity index (χ0) is 13.3. The van der Waals surface area contributed by atoms with E-state index in [9.17, 15) is 9.59 Å². The summed E-state index contributed by atoms with van der Waals surface area (Å²) in [5.74, 6) is -0.490. The number of aliphatic carboxylic acids is 1. The molecule has 2 aliphatic rings. The monoisotopic (exact) mass is 258 g/mol. The van der Waals surface area contributed by atoms with E-state index in [1.807, 2.05) is 0 Å². The van der Waals surface area contributed by atoms with Gasteiger partial charge in [-0.2, -0.15) is 11.8 Å². The number of fused-ring (bicyclic) bond motifs is 1. The zero-order valence-corrected chi connectivity index (χ0v) is 9.92. The number of rotatable bonds is 5. The SMILES string of the molecule is [2H]C(CC[C@@H]1SC[C@@H]2NC(=O)N[C@@H]21)C(=N)C(=O)O. The van der Waals surface area contributed by atoms with Gasteiger partial charge >= 0.3 is 12.0 Å². The first-order chi connectivity index (χ1) is 8.49. The maximum absolute atomic E-state index is 11.2. The molecule has 2 saturated heterocycles. The van der Waals surface area contributed by atoms with Crippen LogP contribution in [0, 0.1) is 5.41 Å². The van der Waals surface area contributed by atoms with Gasteiger partial charge in [-0.05, 0) is 19.2 Å². The first-order valence-corrected chi connectivity index (χ1v) is 6.46. The van der Waals surface area contributed by atoms with Crippen molar-refractivity contribution in [2.24, 2.45) is 0 Å². The quantitative estimate of drug-likeness (QED) is 0.424. The second kappa shape index (κ2) is 4.95. The van der Waals surface area contributed by atoms with Gasteiger partial charge in [-0.3, -0.25) is 5.41 Å². The Balaban J connectivity index is 1.82. The molecule has 0 radical (unpaired) electrons. The number of amides is 2. The first kappa shape index (κ1) is 10.9. The zero-order valence-electron chi connectivity index (χ0n) is 10.1. The average Bonchev–Trinajstić information content (AvgIpc) is 2.84. The fraction of sp³-hybridized carbons (Fsp3) is 0.700. The Morgan fingerprint density at radius 3 is 3.12 bits per heavy atom. The van der Waals surface area contributed by atoms with Gasteiger partial charge in [0.2, 0.25) is 0 Å². The van der Waals surface area contributed by atoms with Crippen LogP contribution in [0.5, 0.6) is 0 Å². The van der Waals surface area contributed by atoms with E-state index >= 15 is 0 Å². The van der Waals surface area contributed by atoms with Crippen molar-refractivity contribution >= 4 is 29.5 Å². The Morgan fingerprint density at radius 1 is 1.65 bits per heavy atom. The normalized spacial score (nSPS) is 33.3. The molecular formula is C10H15N3O3S. The fourth-order valence-corrected chi connectivity index (χ4v) is 3.64. The molecule has 94 valence electrons. The van der Waals surface area contributed by atoms with Crippen LogP contribution in [-0.4, -0.2) is 45.9 Å². The molecule has 0 aromatic heterocycles. The molecule has 1 unspecified atom stereocenters. The lowest BCUT2D eigenvalue weighted by atomic mass is 10.0. The van der Waals surface area contributed by atoms with E-state index in [1.165, 1.54) is 0 Å². The van der Waals surface area contributed by atoms with E-state index in [1.54, 1.807) is 11.8 Å². The molecule has 2 fully saturated rings. The van der Waals surface area contributed by atoms with Gasteiger partial charge in [0.05, 0.1) is 12.1 Å². The van der Waals surface area contributed by atoms with Gasteiger partial charge in [0.1, 0.15) is 5.71 Å². The lowest BCUT2D eigenvalue weighted by Crippen LogP contribution is -2.36. The highest BCUT2D eigenvalue weighted by Crippen LogP contribution is 2.32. The molecule has 4 atom stereocenters. The van der Waals surface area contributed by atoms with Crippen LogP contribution in [0.1, 0.15) is 20.6 Å². The van der Waals surface area contributed by atoms with E-state index in [4.69, 9.17) is 11.9 Å². The molecule has 0 bridgehead atoms. The highest BCUT2D eigenvalue weighted by molar-refractivity contribution is 8.00. The third kappa shape index (κ3) is 2.71. The summed E-state index contributed by atoms with van der Waals surface area (Å²) in [6.07, 6.45) is -0.0216. The molecule has 0 aromatic carbocycles. The molecule has 0 aliphatic carbocycles. The molecule has 6 nitrogen and oxygen atoms in total. The van der Waals surface area contributed by atoms with Crippen molar-refractivity contribution in [3.8, 4) is 0 Å². The van der Waals surface area contributed by atoms with Gasteiger partial charge in [0, 0.05) is 12.4 Å². The molecule has 2 aliphatic heterocycles. The van der Waals surface area contributed by atoms with Gasteiger partial charge in [0.15, 0.2) is 0 Å². The predicted octanol–water partition coefficient (Wildman–Crippen LogP) is 0.426. The van der Waals surface area contributed by atoms with Crippen LogP contribution in [0.25, 0.3) is 0 Å². The second-order valence-electron chi connectivity index (χ2n) is 4.12. The van der Waals surface area contributed by atoms with Crippen molar-refractivity contribution in [3.63, 3.8) is 0 Å². The summed E-state index contributed by atoms with van der Waals surface area (Å²) in [6.45, 7) is 0. The van der Waals surface area contributed by atoms with Crippen molar-refractivity contribution < 1.29 is 16.1 Å². The summed E-state index contributed by atoms with van der Waals surface area (Å²) in [6, 6.07) is 0.0420. The van der Waals surface area contributed by atoms with Crippen molar-refractivity contribution in [2.75, 3.05) is 5.75 Å². The van der Waals surface area contributed by atoms with E-state index in [0.717, 1.165) is 5.75 Å². The molecule has 0 spiro atoms. The van der Waals surface area contributed by atoms with Crippen LogP contribution in [0.3, 0.4) is 0 Å². The van der Waals surface area contributed by atoms with Gasteiger partial charge in [-0.25, -0.2) is 9.59 Å². The number of carboxylic acid groups (broad SMARTS) is 1. The first-order valence-electron chi connectivity index (χ1n) is 5.99. The summed E-state index contributed by atoms with van der Waals surface area (Å²) >= 11 is 1.72. The fourth-order valence-electron chi connectivity index (χ4n) is 2.12. The van der Waals surface area contributed by atoms with Crippen LogP contribution in [0.4, 0.5) is 4.79 Å². The number of urea groups is 1. The molecule has 0 aromatic rings. The number of carbonyl (C=O) groups is 2. The second-order valence-corrected chi connectivity index (χ2v) is 5.39. The lowest BCUT2D eigenvalue weighted by Gasteiger charge is -2.16. The summed E-state index contributed by atoms with van der Waals surface area (Å²) in [5.41, 5.74) is -0.567. The van der Waals surface area contributed by atoms with Crippen molar-refractivity contribution in [3.05, 3.63) is 0 Å². The van der Waals surface area contributed by atoms with Gasteiger partial charge in [-0.1, -0.05) is 0 Å². The Kier molecular flexibility index (Phi) is 3.17. The van der Waals surface area contributed by atoms with Crippen LogP contribution in [0.2, 0.25) is 0 Å². The molecule has 7 heteroatoms. The molecular weight excluding hydrogens is 242 g/mol. The largest absolute Gasteiger partial charge is 0.477 e. The molecule has 2 heterocycles. The summed E-state index contributed by atoms with van der Waals surface area (Å²) in [5, 5.41) is 21.7. The van der Waals surface area contributed by atoms with Crippen molar-refractivity contribution in [1.82, 2.24) is 10.6 Å².